The fourth-order valence-electron chi connectivity index (χ4n) is 3.31. The molecule has 2 aromatic heterocycles. The van der Waals surface area contributed by atoms with E-state index < -0.39 is 10.7 Å². The van der Waals surface area contributed by atoms with E-state index in [1.807, 2.05) is 56.0 Å². The Balaban J connectivity index is 1.70. The Morgan fingerprint density at radius 1 is 1.14 bits per heavy atom. The van der Waals surface area contributed by atoms with E-state index in [1.54, 1.807) is 0 Å². The molecular weight excluding hydrogens is 406 g/mol. The molecule has 3 aromatic rings. The number of nitrogens with zero attached hydrogens (tertiary/aromatic N) is 5. The van der Waals surface area contributed by atoms with Crippen LogP contribution in [0, 0.1) is 0 Å². The molecule has 1 amide bonds. The molecule has 152 valence electrons. The number of aromatic nitrogens is 4. The van der Waals surface area contributed by atoms with Crippen LogP contribution in [0.2, 0.25) is 0 Å². The number of carbonyl (C=O) groups excluding carboxylic acids is 1. The lowest BCUT2D eigenvalue weighted by Gasteiger charge is -2.22. The number of rotatable bonds is 4. The van der Waals surface area contributed by atoms with Crippen molar-refractivity contribution in [3.63, 3.8) is 0 Å². The van der Waals surface area contributed by atoms with Crippen LogP contribution in [0.5, 0.6) is 0 Å². The first-order valence-corrected chi connectivity index (χ1v) is 11.3. The van der Waals surface area contributed by atoms with Crippen molar-refractivity contribution in [1.82, 2.24) is 24.7 Å². The van der Waals surface area contributed by atoms with E-state index in [0.717, 1.165) is 31.5 Å². The van der Waals surface area contributed by atoms with Crippen molar-refractivity contribution in [3.8, 4) is 0 Å². The fourth-order valence-corrected chi connectivity index (χ4v) is 5.46. The van der Waals surface area contributed by atoms with Gasteiger partial charge in [0.15, 0.2) is 4.34 Å². The van der Waals surface area contributed by atoms with Crippen LogP contribution in [0.25, 0.3) is 4.96 Å². The molecule has 4 rings (SSSR count). The summed E-state index contributed by atoms with van der Waals surface area (Å²) in [5.74, 6) is 0.0896. The number of thioether (sulfide) groups is 1. The molecule has 1 aliphatic rings. The Kier molecular flexibility index (Phi) is 5.44. The minimum Gasteiger partial charge on any atom is -0.341 e. The third-order valence-electron chi connectivity index (χ3n) is 4.85. The van der Waals surface area contributed by atoms with Gasteiger partial charge >= 0.3 is 0 Å². The zero-order valence-electron chi connectivity index (χ0n) is 16.7. The van der Waals surface area contributed by atoms with Crippen molar-refractivity contribution in [1.29, 1.82) is 0 Å². The highest BCUT2D eigenvalue weighted by atomic mass is 32.2. The van der Waals surface area contributed by atoms with E-state index in [1.165, 1.54) is 27.6 Å². The van der Waals surface area contributed by atoms with Crippen LogP contribution in [0.4, 0.5) is 0 Å². The van der Waals surface area contributed by atoms with E-state index >= 15 is 0 Å². The zero-order chi connectivity index (χ0) is 20.6. The summed E-state index contributed by atoms with van der Waals surface area (Å²) >= 11 is 2.66. The number of fused-ring (bicyclic) bond motifs is 1. The summed E-state index contributed by atoms with van der Waals surface area (Å²) in [5.41, 5.74) is 0.639. The van der Waals surface area contributed by atoms with E-state index in [2.05, 4.69) is 15.3 Å². The highest BCUT2D eigenvalue weighted by molar-refractivity contribution is 8.02. The Hall–Kier alpha value is -2.26. The lowest BCUT2D eigenvalue weighted by molar-refractivity contribution is -0.129. The van der Waals surface area contributed by atoms with Crippen molar-refractivity contribution >= 4 is 34.0 Å². The molecule has 0 N–H and O–H groups in total. The molecule has 0 saturated carbocycles. The first-order chi connectivity index (χ1) is 13.8. The molecule has 0 bridgehead atoms. The highest BCUT2D eigenvalue weighted by Crippen LogP contribution is 2.39. The summed E-state index contributed by atoms with van der Waals surface area (Å²) in [5, 5.41) is 12.4. The average molecular weight is 430 g/mol. The summed E-state index contributed by atoms with van der Waals surface area (Å²) in [6.07, 6.45) is 2.08. The molecule has 1 aliphatic heterocycles. The first kappa shape index (κ1) is 20.0. The normalized spacial score (nSPS) is 15.8. The summed E-state index contributed by atoms with van der Waals surface area (Å²) in [6, 6.07) is 9.73. The molecule has 1 aromatic carbocycles. The smallest absolute Gasteiger partial charge is 0.297 e. The molecule has 0 spiro atoms. The van der Waals surface area contributed by atoms with Gasteiger partial charge in [0.05, 0.1) is 0 Å². The van der Waals surface area contributed by atoms with Crippen LogP contribution < -0.4 is 5.56 Å². The topological polar surface area (TPSA) is 80.5 Å². The number of carbonyl (C=O) groups is 1. The molecule has 9 heteroatoms. The molecule has 1 saturated heterocycles. The molecule has 1 unspecified atom stereocenters. The van der Waals surface area contributed by atoms with Gasteiger partial charge in [-0.05, 0) is 18.4 Å². The standard InChI is InChI=1S/C20H23N5O2S2/c1-20(2,3)15-17(27)25-18(22-21-15)29-19(23-25)28-14(13-9-5-4-6-10-13)16(26)24-11-7-8-12-24/h4-6,9-10,14H,7-8,11-12H2,1-3H3. The minimum absolute atomic E-state index is 0.0896. The van der Waals surface area contributed by atoms with Crippen molar-refractivity contribution in [2.24, 2.45) is 0 Å². The second-order valence-corrected chi connectivity index (χ2v) is 10.4. The SMILES string of the molecule is CC(C)(C)c1nnc2sc(SC(C(=O)N3CCCC3)c3ccccc3)nn2c1=O. The van der Waals surface area contributed by atoms with Gasteiger partial charge in [-0.3, -0.25) is 9.59 Å². The van der Waals surface area contributed by atoms with Gasteiger partial charge in [-0.1, -0.05) is 74.2 Å². The largest absolute Gasteiger partial charge is 0.341 e. The second-order valence-electron chi connectivity index (χ2n) is 8.11. The quantitative estimate of drug-likeness (QED) is 0.592. The number of likely N-dealkylation sites (tertiary alicyclic amines) is 1. The van der Waals surface area contributed by atoms with Crippen molar-refractivity contribution in [2.75, 3.05) is 13.1 Å². The summed E-state index contributed by atoms with van der Waals surface area (Å²) in [4.78, 5) is 28.4. The van der Waals surface area contributed by atoms with E-state index in [9.17, 15) is 9.59 Å². The van der Waals surface area contributed by atoms with Gasteiger partial charge in [0.2, 0.25) is 10.9 Å². The maximum atomic E-state index is 13.2. The fraction of sp³-hybridized carbons (Fsp3) is 0.450. The average Bonchev–Trinajstić information content (AvgIpc) is 3.36. The van der Waals surface area contributed by atoms with Crippen LogP contribution in [0.15, 0.2) is 39.5 Å². The minimum atomic E-state index is -0.416. The zero-order valence-corrected chi connectivity index (χ0v) is 18.3. The second kappa shape index (κ2) is 7.87. The number of benzene rings is 1. The predicted octanol–water partition coefficient (Wildman–Crippen LogP) is 3.30. The third-order valence-corrected chi connectivity index (χ3v) is 7.07. The van der Waals surface area contributed by atoms with Crippen LogP contribution in [-0.4, -0.2) is 43.7 Å². The van der Waals surface area contributed by atoms with Gasteiger partial charge in [0.1, 0.15) is 10.9 Å². The van der Waals surface area contributed by atoms with Gasteiger partial charge < -0.3 is 4.90 Å². The van der Waals surface area contributed by atoms with E-state index in [0.29, 0.717) is 15.0 Å². The van der Waals surface area contributed by atoms with Crippen LogP contribution >= 0.6 is 23.1 Å². The van der Waals surface area contributed by atoms with Gasteiger partial charge in [-0.2, -0.15) is 4.52 Å². The third kappa shape index (κ3) is 4.06. The van der Waals surface area contributed by atoms with Gasteiger partial charge in [0.25, 0.3) is 5.56 Å². The molecular formula is C20H23N5O2S2. The number of hydrogen-bond acceptors (Lipinski definition) is 7. The van der Waals surface area contributed by atoms with E-state index in [-0.39, 0.29) is 11.5 Å². The molecule has 1 fully saturated rings. The molecule has 29 heavy (non-hydrogen) atoms. The number of hydrogen-bond donors (Lipinski definition) is 0. The molecule has 1 atom stereocenters. The summed E-state index contributed by atoms with van der Waals surface area (Å²) in [7, 11) is 0. The van der Waals surface area contributed by atoms with Gasteiger partial charge in [-0.15, -0.1) is 15.3 Å². The Labute approximate surface area is 177 Å². The molecule has 7 nitrogen and oxygen atoms in total. The maximum Gasteiger partial charge on any atom is 0.297 e. The highest BCUT2D eigenvalue weighted by Gasteiger charge is 2.30. The van der Waals surface area contributed by atoms with Crippen LogP contribution in [0.1, 0.15) is 50.1 Å². The maximum absolute atomic E-state index is 13.2. The van der Waals surface area contributed by atoms with Gasteiger partial charge in [0, 0.05) is 18.5 Å². The Bertz CT molecular complexity index is 1080. The van der Waals surface area contributed by atoms with Crippen LogP contribution in [0.3, 0.4) is 0 Å². The predicted molar refractivity (Wildman–Crippen MR) is 114 cm³/mol. The van der Waals surface area contributed by atoms with Gasteiger partial charge in [-0.25, -0.2) is 0 Å². The Morgan fingerprint density at radius 3 is 2.48 bits per heavy atom. The van der Waals surface area contributed by atoms with E-state index in [4.69, 9.17) is 0 Å². The lowest BCUT2D eigenvalue weighted by atomic mass is 9.93. The molecule has 3 heterocycles. The van der Waals surface area contributed by atoms with Crippen molar-refractivity contribution in [3.05, 3.63) is 51.9 Å². The van der Waals surface area contributed by atoms with Crippen molar-refractivity contribution in [2.45, 2.75) is 48.6 Å². The van der Waals surface area contributed by atoms with Crippen molar-refractivity contribution < 1.29 is 4.79 Å². The molecule has 0 aliphatic carbocycles. The Morgan fingerprint density at radius 2 is 1.83 bits per heavy atom. The van der Waals surface area contributed by atoms with Crippen LogP contribution in [-0.2, 0) is 10.2 Å². The monoisotopic (exact) mass is 429 g/mol. The lowest BCUT2D eigenvalue weighted by Crippen LogP contribution is -2.31. The number of amides is 1. The summed E-state index contributed by atoms with van der Waals surface area (Å²) < 4.78 is 1.94. The molecule has 0 radical (unpaired) electrons. The summed E-state index contributed by atoms with van der Waals surface area (Å²) in [6.45, 7) is 7.36. The first-order valence-electron chi connectivity index (χ1n) is 9.62.